The van der Waals surface area contributed by atoms with Crippen LogP contribution in [0.15, 0.2) is 35.2 Å². The molecule has 1 unspecified atom stereocenters. The summed E-state index contributed by atoms with van der Waals surface area (Å²) in [5.41, 5.74) is 0. The van der Waals surface area contributed by atoms with Gasteiger partial charge in [-0.1, -0.05) is 31.0 Å². The van der Waals surface area contributed by atoms with Gasteiger partial charge in [0.2, 0.25) is 0 Å². The Hall–Kier alpha value is -0.470. The third-order valence-electron chi connectivity index (χ3n) is 3.11. The van der Waals surface area contributed by atoms with Gasteiger partial charge in [-0.25, -0.2) is 0 Å². The van der Waals surface area contributed by atoms with Crippen LogP contribution in [-0.2, 0) is 0 Å². The molecule has 1 aromatic carbocycles. The molecule has 0 aliphatic heterocycles. The standard InChI is InChI=1S/C13H18OS/c14-13(11-6-4-5-7-11)10-15-12-8-2-1-3-9-12/h1-3,8-9,11,13-14H,4-7,10H2. The molecule has 0 saturated heterocycles. The number of benzene rings is 1. The molecule has 2 rings (SSSR count). The van der Waals surface area contributed by atoms with Gasteiger partial charge >= 0.3 is 0 Å². The molecule has 1 aliphatic rings. The second-order valence-corrected chi connectivity index (χ2v) is 5.33. The number of aliphatic hydroxyl groups excluding tert-OH is 1. The fourth-order valence-electron chi connectivity index (χ4n) is 2.18. The lowest BCUT2D eigenvalue weighted by atomic mass is 10.0. The van der Waals surface area contributed by atoms with Crippen LogP contribution in [0.25, 0.3) is 0 Å². The van der Waals surface area contributed by atoms with Gasteiger partial charge in [-0.05, 0) is 30.9 Å². The minimum absolute atomic E-state index is 0.113. The van der Waals surface area contributed by atoms with E-state index < -0.39 is 0 Å². The Bertz CT molecular complexity index is 280. The van der Waals surface area contributed by atoms with Gasteiger partial charge in [-0.2, -0.15) is 0 Å². The van der Waals surface area contributed by atoms with Crippen molar-refractivity contribution < 1.29 is 5.11 Å². The summed E-state index contributed by atoms with van der Waals surface area (Å²) in [6.45, 7) is 0. The Morgan fingerprint density at radius 3 is 2.53 bits per heavy atom. The molecule has 1 saturated carbocycles. The maximum absolute atomic E-state index is 9.99. The second kappa shape index (κ2) is 5.57. The van der Waals surface area contributed by atoms with E-state index in [1.807, 2.05) is 18.2 Å². The molecule has 15 heavy (non-hydrogen) atoms. The van der Waals surface area contributed by atoms with Gasteiger partial charge in [0.1, 0.15) is 0 Å². The SMILES string of the molecule is OC(CSc1ccccc1)C1CCCC1. The molecule has 1 aromatic rings. The van der Waals surface area contributed by atoms with Crippen molar-refractivity contribution in [3.05, 3.63) is 30.3 Å². The predicted octanol–water partition coefficient (Wildman–Crippen LogP) is 3.33. The summed E-state index contributed by atoms with van der Waals surface area (Å²) in [7, 11) is 0. The molecule has 0 spiro atoms. The van der Waals surface area contributed by atoms with Gasteiger partial charge in [0.15, 0.2) is 0 Å². The van der Waals surface area contributed by atoms with Crippen molar-refractivity contribution in [2.45, 2.75) is 36.7 Å². The maximum Gasteiger partial charge on any atom is 0.0662 e. The molecular weight excluding hydrogens is 204 g/mol. The van der Waals surface area contributed by atoms with Crippen molar-refractivity contribution in [3.63, 3.8) is 0 Å². The van der Waals surface area contributed by atoms with Crippen molar-refractivity contribution in [1.29, 1.82) is 0 Å². The Morgan fingerprint density at radius 1 is 1.20 bits per heavy atom. The lowest BCUT2D eigenvalue weighted by molar-refractivity contribution is 0.133. The maximum atomic E-state index is 9.99. The highest BCUT2D eigenvalue weighted by atomic mass is 32.2. The smallest absolute Gasteiger partial charge is 0.0662 e. The van der Waals surface area contributed by atoms with Crippen molar-refractivity contribution in [2.75, 3.05) is 5.75 Å². The Labute approximate surface area is 95.9 Å². The molecule has 1 N–H and O–H groups in total. The molecular formula is C13H18OS. The lowest BCUT2D eigenvalue weighted by Crippen LogP contribution is -2.20. The highest BCUT2D eigenvalue weighted by molar-refractivity contribution is 7.99. The van der Waals surface area contributed by atoms with E-state index in [1.165, 1.54) is 30.6 Å². The average molecular weight is 222 g/mol. The zero-order chi connectivity index (χ0) is 10.5. The van der Waals surface area contributed by atoms with E-state index >= 15 is 0 Å². The van der Waals surface area contributed by atoms with E-state index in [1.54, 1.807) is 11.8 Å². The average Bonchev–Trinajstić information content (AvgIpc) is 2.81. The summed E-state index contributed by atoms with van der Waals surface area (Å²) in [6, 6.07) is 10.3. The first-order valence-corrected chi connectivity index (χ1v) is 6.71. The largest absolute Gasteiger partial charge is 0.392 e. The Kier molecular flexibility index (Phi) is 4.09. The van der Waals surface area contributed by atoms with Crippen LogP contribution in [0.1, 0.15) is 25.7 Å². The summed E-state index contributed by atoms with van der Waals surface area (Å²) in [6.07, 6.45) is 4.93. The van der Waals surface area contributed by atoms with E-state index in [4.69, 9.17) is 0 Å². The van der Waals surface area contributed by atoms with Gasteiger partial charge < -0.3 is 5.11 Å². The molecule has 0 radical (unpaired) electrons. The van der Waals surface area contributed by atoms with Crippen molar-refractivity contribution >= 4 is 11.8 Å². The summed E-state index contributed by atoms with van der Waals surface area (Å²) in [4.78, 5) is 1.26. The minimum atomic E-state index is -0.113. The van der Waals surface area contributed by atoms with E-state index in [0.717, 1.165) is 5.75 Å². The van der Waals surface area contributed by atoms with Crippen LogP contribution in [0.3, 0.4) is 0 Å². The fraction of sp³-hybridized carbons (Fsp3) is 0.538. The molecule has 1 fully saturated rings. The monoisotopic (exact) mass is 222 g/mol. The molecule has 82 valence electrons. The minimum Gasteiger partial charge on any atom is -0.392 e. The summed E-state index contributed by atoms with van der Waals surface area (Å²) in [5, 5.41) is 9.99. The number of rotatable bonds is 4. The first-order valence-electron chi connectivity index (χ1n) is 5.72. The number of aliphatic hydroxyl groups is 1. The zero-order valence-electron chi connectivity index (χ0n) is 8.93. The van der Waals surface area contributed by atoms with E-state index in [-0.39, 0.29) is 6.10 Å². The van der Waals surface area contributed by atoms with Crippen LogP contribution >= 0.6 is 11.8 Å². The van der Waals surface area contributed by atoms with Crippen LogP contribution in [0.5, 0.6) is 0 Å². The normalized spacial score (nSPS) is 19.3. The van der Waals surface area contributed by atoms with Gasteiger partial charge in [-0.3, -0.25) is 0 Å². The lowest BCUT2D eigenvalue weighted by Gasteiger charge is -2.16. The molecule has 2 heteroatoms. The van der Waals surface area contributed by atoms with Crippen LogP contribution in [-0.4, -0.2) is 17.0 Å². The van der Waals surface area contributed by atoms with Crippen LogP contribution < -0.4 is 0 Å². The highest BCUT2D eigenvalue weighted by Gasteiger charge is 2.22. The molecule has 0 bridgehead atoms. The number of hydrogen-bond donors (Lipinski definition) is 1. The highest BCUT2D eigenvalue weighted by Crippen LogP contribution is 2.30. The van der Waals surface area contributed by atoms with E-state index in [0.29, 0.717) is 5.92 Å². The quantitative estimate of drug-likeness (QED) is 0.789. The molecule has 1 aliphatic carbocycles. The van der Waals surface area contributed by atoms with Crippen LogP contribution in [0.4, 0.5) is 0 Å². The summed E-state index contributed by atoms with van der Waals surface area (Å²) in [5.74, 6) is 1.40. The van der Waals surface area contributed by atoms with Crippen molar-refractivity contribution in [2.24, 2.45) is 5.92 Å². The summed E-state index contributed by atoms with van der Waals surface area (Å²) < 4.78 is 0. The molecule has 1 nitrogen and oxygen atoms in total. The Morgan fingerprint density at radius 2 is 1.87 bits per heavy atom. The Balaban J connectivity index is 1.77. The van der Waals surface area contributed by atoms with Crippen molar-refractivity contribution in [1.82, 2.24) is 0 Å². The predicted molar refractivity (Wildman–Crippen MR) is 65.1 cm³/mol. The summed E-state index contributed by atoms with van der Waals surface area (Å²) >= 11 is 1.77. The first kappa shape index (κ1) is 11.0. The van der Waals surface area contributed by atoms with Crippen LogP contribution in [0, 0.1) is 5.92 Å². The van der Waals surface area contributed by atoms with Gasteiger partial charge in [0.25, 0.3) is 0 Å². The second-order valence-electron chi connectivity index (χ2n) is 4.24. The van der Waals surface area contributed by atoms with E-state index in [9.17, 15) is 5.11 Å². The third kappa shape index (κ3) is 3.25. The molecule has 0 aromatic heterocycles. The van der Waals surface area contributed by atoms with E-state index in [2.05, 4.69) is 12.1 Å². The molecule has 0 amide bonds. The molecule has 0 heterocycles. The first-order chi connectivity index (χ1) is 7.36. The topological polar surface area (TPSA) is 20.2 Å². The molecule has 1 atom stereocenters. The van der Waals surface area contributed by atoms with Gasteiger partial charge in [0, 0.05) is 10.6 Å². The zero-order valence-corrected chi connectivity index (χ0v) is 9.75. The number of thioether (sulfide) groups is 1. The number of hydrogen-bond acceptors (Lipinski definition) is 2. The van der Waals surface area contributed by atoms with Gasteiger partial charge in [0.05, 0.1) is 6.10 Å². The fourth-order valence-corrected chi connectivity index (χ4v) is 3.16. The van der Waals surface area contributed by atoms with Gasteiger partial charge in [-0.15, -0.1) is 11.8 Å². The van der Waals surface area contributed by atoms with Crippen LogP contribution in [0.2, 0.25) is 0 Å². The third-order valence-corrected chi connectivity index (χ3v) is 4.22. The van der Waals surface area contributed by atoms with Crippen molar-refractivity contribution in [3.8, 4) is 0 Å².